The van der Waals surface area contributed by atoms with Gasteiger partial charge in [0.15, 0.2) is 11.0 Å². The minimum atomic E-state index is -2.08. The number of aromatic nitrogens is 1. The van der Waals surface area contributed by atoms with Gasteiger partial charge in [-0.05, 0) is 42.8 Å². The standard InChI is InChI=1S/C20H20F2N4OS2/c21-17-8-16(9-18(22)20(17)29(27)25-19-12-28-13-24-19)23-10-14-4-1-2-5-15(14)11-26-6-3-7-26/h1-2,4-5,8-9,12-13,23,25H,3,6-7,10-11H2. The van der Waals surface area contributed by atoms with Crippen molar-refractivity contribution < 1.29 is 13.0 Å². The smallest absolute Gasteiger partial charge is 0.157 e. The normalized spacial score (nSPS) is 15.0. The Balaban J connectivity index is 1.45. The summed E-state index contributed by atoms with van der Waals surface area (Å²) in [7, 11) is -2.08. The van der Waals surface area contributed by atoms with Crippen LogP contribution >= 0.6 is 11.3 Å². The van der Waals surface area contributed by atoms with Crippen molar-refractivity contribution in [2.24, 2.45) is 0 Å². The van der Waals surface area contributed by atoms with Crippen molar-refractivity contribution in [2.75, 3.05) is 23.1 Å². The van der Waals surface area contributed by atoms with Crippen molar-refractivity contribution >= 4 is 33.8 Å². The van der Waals surface area contributed by atoms with E-state index in [1.54, 1.807) is 10.9 Å². The third kappa shape index (κ3) is 4.80. The molecule has 3 aromatic rings. The zero-order chi connectivity index (χ0) is 20.2. The third-order valence-corrected chi connectivity index (χ3v) is 6.50. The number of rotatable bonds is 8. The largest absolute Gasteiger partial charge is 0.381 e. The van der Waals surface area contributed by atoms with E-state index in [9.17, 15) is 13.0 Å². The summed E-state index contributed by atoms with van der Waals surface area (Å²) in [5.74, 6) is -1.43. The second-order valence-electron chi connectivity index (χ2n) is 6.77. The molecule has 152 valence electrons. The second kappa shape index (κ2) is 8.98. The van der Waals surface area contributed by atoms with Crippen molar-refractivity contribution in [2.45, 2.75) is 24.4 Å². The minimum absolute atomic E-state index is 0.299. The van der Waals surface area contributed by atoms with E-state index >= 15 is 0 Å². The van der Waals surface area contributed by atoms with Gasteiger partial charge in [-0.25, -0.2) is 18.0 Å². The Morgan fingerprint density at radius 2 is 1.86 bits per heavy atom. The summed E-state index contributed by atoms with van der Waals surface area (Å²) >= 11 is 1.29. The highest BCUT2D eigenvalue weighted by Crippen LogP contribution is 2.24. The van der Waals surface area contributed by atoms with Crippen molar-refractivity contribution in [3.8, 4) is 0 Å². The van der Waals surface area contributed by atoms with E-state index in [1.165, 1.54) is 23.3 Å². The van der Waals surface area contributed by atoms with Gasteiger partial charge in [-0.15, -0.1) is 11.3 Å². The fraction of sp³-hybridized carbons (Fsp3) is 0.250. The Kier molecular flexibility index (Phi) is 6.17. The number of likely N-dealkylation sites (tertiary alicyclic amines) is 1. The highest BCUT2D eigenvalue weighted by atomic mass is 32.2. The summed E-state index contributed by atoms with van der Waals surface area (Å²) in [5.41, 5.74) is 4.12. The number of halogens is 2. The number of nitrogens with zero attached hydrogens (tertiary/aromatic N) is 2. The van der Waals surface area contributed by atoms with Crippen molar-refractivity contribution in [1.82, 2.24) is 9.88 Å². The molecule has 1 aromatic heterocycles. The molecular formula is C20H20F2N4OS2. The third-order valence-electron chi connectivity index (χ3n) is 4.76. The molecule has 0 aliphatic carbocycles. The SMILES string of the molecule is O=S(Nc1cscn1)c1c(F)cc(NCc2ccccc2CN2CCC2)cc1F. The first-order chi connectivity index (χ1) is 14.1. The topological polar surface area (TPSA) is 57.3 Å². The Morgan fingerprint density at radius 1 is 1.14 bits per heavy atom. The van der Waals surface area contributed by atoms with Gasteiger partial charge in [0, 0.05) is 24.2 Å². The van der Waals surface area contributed by atoms with Crippen LogP contribution in [0.15, 0.2) is 52.2 Å². The number of benzene rings is 2. The molecule has 4 rings (SSSR count). The van der Waals surface area contributed by atoms with Crippen LogP contribution in [0.2, 0.25) is 0 Å². The maximum Gasteiger partial charge on any atom is 0.157 e. The van der Waals surface area contributed by atoms with Crippen LogP contribution in [0.25, 0.3) is 0 Å². The number of hydrogen-bond acceptors (Lipinski definition) is 5. The first-order valence-electron chi connectivity index (χ1n) is 9.19. The molecule has 1 aliphatic rings. The van der Waals surface area contributed by atoms with Crippen LogP contribution < -0.4 is 10.0 Å². The van der Waals surface area contributed by atoms with Gasteiger partial charge < -0.3 is 5.32 Å². The summed E-state index contributed by atoms with van der Waals surface area (Å²) in [5, 5.41) is 4.69. The summed E-state index contributed by atoms with van der Waals surface area (Å²) in [6.07, 6.45) is 1.23. The first kappa shape index (κ1) is 19.9. The lowest BCUT2D eigenvalue weighted by Gasteiger charge is -2.31. The molecule has 5 nitrogen and oxygen atoms in total. The van der Waals surface area contributed by atoms with E-state index in [4.69, 9.17) is 0 Å². The van der Waals surface area contributed by atoms with Crippen LogP contribution in [0.1, 0.15) is 17.5 Å². The predicted molar refractivity (Wildman–Crippen MR) is 112 cm³/mol. The van der Waals surface area contributed by atoms with Gasteiger partial charge >= 0.3 is 0 Å². The van der Waals surface area contributed by atoms with Crippen LogP contribution in [-0.2, 0) is 24.1 Å². The Morgan fingerprint density at radius 3 is 2.48 bits per heavy atom. The van der Waals surface area contributed by atoms with E-state index in [1.807, 2.05) is 18.2 Å². The molecule has 0 amide bonds. The molecule has 1 aliphatic heterocycles. The zero-order valence-electron chi connectivity index (χ0n) is 15.5. The minimum Gasteiger partial charge on any atom is -0.381 e. The van der Waals surface area contributed by atoms with Crippen LogP contribution in [0.4, 0.5) is 20.3 Å². The molecule has 9 heteroatoms. The van der Waals surface area contributed by atoms with Gasteiger partial charge in [-0.2, -0.15) is 0 Å². The van der Waals surface area contributed by atoms with Gasteiger partial charge in [0.05, 0.1) is 5.51 Å². The maximum absolute atomic E-state index is 14.5. The van der Waals surface area contributed by atoms with E-state index in [2.05, 4.69) is 26.0 Å². The van der Waals surface area contributed by atoms with E-state index < -0.39 is 27.5 Å². The van der Waals surface area contributed by atoms with Gasteiger partial charge in [-0.3, -0.25) is 9.62 Å². The summed E-state index contributed by atoms with van der Waals surface area (Å²) < 4.78 is 43.8. The van der Waals surface area contributed by atoms with Crippen LogP contribution in [-0.4, -0.2) is 27.2 Å². The van der Waals surface area contributed by atoms with Crippen molar-refractivity contribution in [3.63, 3.8) is 0 Å². The Hall–Kier alpha value is -2.36. The van der Waals surface area contributed by atoms with E-state index in [-0.39, 0.29) is 0 Å². The lowest BCUT2D eigenvalue weighted by atomic mass is 10.1. The lowest BCUT2D eigenvalue weighted by molar-refractivity contribution is 0.172. The molecule has 1 saturated heterocycles. The van der Waals surface area contributed by atoms with Crippen LogP contribution in [0.5, 0.6) is 0 Å². The maximum atomic E-state index is 14.5. The second-order valence-corrected chi connectivity index (χ2v) is 8.63. The van der Waals surface area contributed by atoms with Crippen LogP contribution in [0.3, 0.4) is 0 Å². The van der Waals surface area contributed by atoms with E-state index in [0.29, 0.717) is 18.1 Å². The van der Waals surface area contributed by atoms with Gasteiger partial charge in [0.2, 0.25) is 0 Å². The molecule has 1 atom stereocenters. The average molecular weight is 435 g/mol. The van der Waals surface area contributed by atoms with Crippen molar-refractivity contribution in [1.29, 1.82) is 0 Å². The van der Waals surface area contributed by atoms with Crippen LogP contribution in [0, 0.1) is 11.6 Å². The molecule has 2 aromatic carbocycles. The molecule has 2 heterocycles. The highest BCUT2D eigenvalue weighted by molar-refractivity contribution is 7.86. The quantitative estimate of drug-likeness (QED) is 0.553. The Bertz CT molecular complexity index is 986. The highest BCUT2D eigenvalue weighted by Gasteiger charge is 2.19. The molecule has 0 bridgehead atoms. The average Bonchev–Trinajstić information content (AvgIpc) is 3.16. The van der Waals surface area contributed by atoms with Crippen molar-refractivity contribution in [3.05, 3.63) is 70.1 Å². The molecule has 0 saturated carbocycles. The first-order valence-corrected chi connectivity index (χ1v) is 11.3. The fourth-order valence-corrected chi connectivity index (χ4v) is 4.54. The molecule has 1 unspecified atom stereocenters. The number of anilines is 2. The molecule has 0 spiro atoms. The van der Waals surface area contributed by atoms with Gasteiger partial charge in [-0.1, -0.05) is 24.3 Å². The Labute approximate surface area is 174 Å². The molecule has 0 radical (unpaired) electrons. The van der Waals surface area contributed by atoms with Gasteiger partial charge in [0.25, 0.3) is 0 Å². The number of hydrogen-bond donors (Lipinski definition) is 2. The molecule has 2 N–H and O–H groups in total. The lowest BCUT2D eigenvalue weighted by Crippen LogP contribution is -2.36. The van der Waals surface area contributed by atoms with Gasteiger partial charge in [0.1, 0.15) is 22.3 Å². The predicted octanol–water partition coefficient (Wildman–Crippen LogP) is 4.37. The van der Waals surface area contributed by atoms with E-state index in [0.717, 1.165) is 37.3 Å². The summed E-state index contributed by atoms with van der Waals surface area (Å²) in [6, 6.07) is 10.4. The zero-order valence-corrected chi connectivity index (χ0v) is 17.2. The molecular weight excluding hydrogens is 414 g/mol. The summed E-state index contributed by atoms with van der Waals surface area (Å²) in [4.78, 5) is 5.76. The molecule has 29 heavy (non-hydrogen) atoms. The number of nitrogens with one attached hydrogen (secondary N) is 2. The number of thiazole rings is 1. The summed E-state index contributed by atoms with van der Waals surface area (Å²) in [6.45, 7) is 3.53. The fourth-order valence-electron chi connectivity index (χ4n) is 3.11. The monoisotopic (exact) mass is 434 g/mol. The molecule has 1 fully saturated rings.